The zero-order valence-corrected chi connectivity index (χ0v) is 9.95. The van der Waals surface area contributed by atoms with Gasteiger partial charge in [0.15, 0.2) is 0 Å². The number of carbonyl (C=O) groups is 1. The van der Waals surface area contributed by atoms with Crippen molar-refractivity contribution in [3.63, 3.8) is 0 Å². The molecule has 1 fully saturated rings. The van der Waals surface area contributed by atoms with Gasteiger partial charge in [-0.2, -0.15) is 0 Å². The van der Waals surface area contributed by atoms with E-state index in [1.807, 2.05) is 4.90 Å². The Morgan fingerprint density at radius 2 is 2.44 bits per heavy atom. The third-order valence-electron chi connectivity index (χ3n) is 2.90. The number of ether oxygens (including phenoxy) is 1. The van der Waals surface area contributed by atoms with Crippen LogP contribution >= 0.6 is 0 Å². The molecule has 1 amide bonds. The normalized spacial score (nSPS) is 21.2. The molecule has 0 radical (unpaired) electrons. The standard InChI is InChI=1S/C11H22N2O3/c1-16-7-3-5-12-11(15)8-13-6-2-4-10(13)9-14/h10,14H,2-9H2,1H3,(H,12,15). The molecule has 94 valence electrons. The molecule has 1 atom stereocenters. The van der Waals surface area contributed by atoms with Gasteiger partial charge in [-0.05, 0) is 25.8 Å². The minimum absolute atomic E-state index is 0.0384. The average Bonchev–Trinajstić information content (AvgIpc) is 2.71. The first kappa shape index (κ1) is 13.4. The van der Waals surface area contributed by atoms with E-state index in [2.05, 4.69) is 5.32 Å². The van der Waals surface area contributed by atoms with Gasteiger partial charge in [-0.15, -0.1) is 0 Å². The Balaban J connectivity index is 2.13. The fourth-order valence-corrected chi connectivity index (χ4v) is 1.99. The zero-order valence-electron chi connectivity index (χ0n) is 9.95. The molecule has 5 nitrogen and oxygen atoms in total. The van der Waals surface area contributed by atoms with Crippen LogP contribution in [-0.2, 0) is 9.53 Å². The number of rotatable bonds is 7. The van der Waals surface area contributed by atoms with Crippen molar-refractivity contribution in [1.29, 1.82) is 0 Å². The third kappa shape index (κ3) is 4.47. The van der Waals surface area contributed by atoms with Gasteiger partial charge >= 0.3 is 0 Å². The maximum atomic E-state index is 11.5. The van der Waals surface area contributed by atoms with E-state index in [0.29, 0.717) is 19.7 Å². The second-order valence-corrected chi connectivity index (χ2v) is 4.15. The number of amides is 1. The van der Waals surface area contributed by atoms with Crippen molar-refractivity contribution in [3.05, 3.63) is 0 Å². The molecule has 1 rings (SSSR count). The molecular weight excluding hydrogens is 208 g/mol. The number of aliphatic hydroxyl groups is 1. The fraction of sp³-hybridized carbons (Fsp3) is 0.909. The summed E-state index contributed by atoms with van der Waals surface area (Å²) in [5, 5.41) is 12.0. The molecule has 1 saturated heterocycles. The molecule has 1 aliphatic heterocycles. The van der Waals surface area contributed by atoms with Crippen LogP contribution in [0.15, 0.2) is 0 Å². The molecule has 0 bridgehead atoms. The summed E-state index contributed by atoms with van der Waals surface area (Å²) in [6.07, 6.45) is 2.90. The molecule has 0 aliphatic carbocycles. The van der Waals surface area contributed by atoms with E-state index in [1.165, 1.54) is 0 Å². The monoisotopic (exact) mass is 230 g/mol. The first-order chi connectivity index (χ1) is 7.77. The lowest BCUT2D eigenvalue weighted by Gasteiger charge is -2.21. The van der Waals surface area contributed by atoms with Crippen LogP contribution in [0.2, 0.25) is 0 Å². The summed E-state index contributed by atoms with van der Waals surface area (Å²) in [5.74, 6) is 0.0384. The predicted molar refractivity (Wildman–Crippen MR) is 61.2 cm³/mol. The SMILES string of the molecule is COCCCNC(=O)CN1CCCC1CO. The summed E-state index contributed by atoms with van der Waals surface area (Å²) in [6.45, 7) is 2.79. The molecule has 0 saturated carbocycles. The second kappa shape index (κ2) is 7.60. The van der Waals surface area contributed by atoms with Gasteiger partial charge in [0.05, 0.1) is 13.2 Å². The average molecular weight is 230 g/mol. The lowest BCUT2D eigenvalue weighted by Crippen LogP contribution is -2.41. The largest absolute Gasteiger partial charge is 0.395 e. The number of aliphatic hydroxyl groups excluding tert-OH is 1. The lowest BCUT2D eigenvalue weighted by molar-refractivity contribution is -0.122. The topological polar surface area (TPSA) is 61.8 Å². The highest BCUT2D eigenvalue weighted by molar-refractivity contribution is 5.78. The number of nitrogens with one attached hydrogen (secondary N) is 1. The highest BCUT2D eigenvalue weighted by Crippen LogP contribution is 2.15. The molecule has 0 aromatic carbocycles. The molecule has 0 aromatic heterocycles. The van der Waals surface area contributed by atoms with Crippen LogP contribution in [0.1, 0.15) is 19.3 Å². The van der Waals surface area contributed by atoms with Crippen molar-refractivity contribution in [2.45, 2.75) is 25.3 Å². The highest BCUT2D eigenvalue weighted by Gasteiger charge is 2.24. The Labute approximate surface area is 96.8 Å². The molecule has 1 aliphatic rings. The Bertz CT molecular complexity index is 211. The Kier molecular flexibility index (Phi) is 6.37. The van der Waals surface area contributed by atoms with Gasteiger partial charge in [0.2, 0.25) is 5.91 Å². The molecule has 2 N–H and O–H groups in total. The predicted octanol–water partition coefficient (Wildman–Crippen LogP) is -0.404. The van der Waals surface area contributed by atoms with Crippen LogP contribution in [0.5, 0.6) is 0 Å². The molecule has 1 heterocycles. The number of nitrogens with zero attached hydrogens (tertiary/aromatic N) is 1. The molecule has 0 spiro atoms. The molecule has 0 aromatic rings. The minimum atomic E-state index is 0.0384. The Morgan fingerprint density at radius 3 is 3.12 bits per heavy atom. The van der Waals surface area contributed by atoms with Gasteiger partial charge in [0.1, 0.15) is 0 Å². The summed E-state index contributed by atoms with van der Waals surface area (Å²) in [7, 11) is 1.65. The summed E-state index contributed by atoms with van der Waals surface area (Å²) in [6, 6.07) is 0.171. The van der Waals surface area contributed by atoms with Crippen LogP contribution in [0.3, 0.4) is 0 Å². The molecule has 16 heavy (non-hydrogen) atoms. The van der Waals surface area contributed by atoms with E-state index in [9.17, 15) is 4.79 Å². The fourth-order valence-electron chi connectivity index (χ4n) is 1.99. The van der Waals surface area contributed by atoms with Crippen LogP contribution < -0.4 is 5.32 Å². The van der Waals surface area contributed by atoms with Crippen molar-refractivity contribution < 1.29 is 14.6 Å². The maximum Gasteiger partial charge on any atom is 0.234 e. The van der Waals surface area contributed by atoms with Crippen LogP contribution in [-0.4, -0.2) is 61.9 Å². The number of hydrogen-bond acceptors (Lipinski definition) is 4. The summed E-state index contributed by atoms with van der Waals surface area (Å²) >= 11 is 0. The zero-order chi connectivity index (χ0) is 11.8. The van der Waals surface area contributed by atoms with Gasteiger partial charge in [-0.1, -0.05) is 0 Å². The summed E-state index contributed by atoms with van der Waals surface area (Å²) in [4.78, 5) is 13.6. The van der Waals surface area contributed by atoms with Crippen molar-refractivity contribution in [2.75, 3.05) is 40.0 Å². The van der Waals surface area contributed by atoms with Crippen molar-refractivity contribution in [3.8, 4) is 0 Å². The van der Waals surface area contributed by atoms with Crippen LogP contribution in [0, 0.1) is 0 Å². The van der Waals surface area contributed by atoms with Crippen molar-refractivity contribution >= 4 is 5.91 Å². The van der Waals surface area contributed by atoms with Gasteiger partial charge in [-0.3, -0.25) is 9.69 Å². The first-order valence-electron chi connectivity index (χ1n) is 5.88. The second-order valence-electron chi connectivity index (χ2n) is 4.15. The van der Waals surface area contributed by atoms with E-state index in [4.69, 9.17) is 9.84 Å². The van der Waals surface area contributed by atoms with Crippen LogP contribution in [0.4, 0.5) is 0 Å². The van der Waals surface area contributed by atoms with Gasteiger partial charge in [0, 0.05) is 26.3 Å². The molecule has 1 unspecified atom stereocenters. The Morgan fingerprint density at radius 1 is 1.62 bits per heavy atom. The quantitative estimate of drug-likeness (QED) is 0.584. The lowest BCUT2D eigenvalue weighted by atomic mass is 10.2. The number of likely N-dealkylation sites (tertiary alicyclic amines) is 1. The minimum Gasteiger partial charge on any atom is -0.395 e. The first-order valence-corrected chi connectivity index (χ1v) is 5.88. The van der Waals surface area contributed by atoms with E-state index < -0.39 is 0 Å². The number of hydrogen-bond donors (Lipinski definition) is 2. The van der Waals surface area contributed by atoms with Crippen molar-refractivity contribution in [1.82, 2.24) is 10.2 Å². The molecule has 5 heteroatoms. The third-order valence-corrected chi connectivity index (χ3v) is 2.90. The Hall–Kier alpha value is -0.650. The molecular formula is C11H22N2O3. The summed E-state index contributed by atoms with van der Waals surface area (Å²) in [5.41, 5.74) is 0. The number of methoxy groups -OCH3 is 1. The van der Waals surface area contributed by atoms with Crippen LogP contribution in [0.25, 0.3) is 0 Å². The summed E-state index contributed by atoms with van der Waals surface area (Å²) < 4.78 is 4.90. The van der Waals surface area contributed by atoms with Gasteiger partial charge in [0.25, 0.3) is 0 Å². The van der Waals surface area contributed by atoms with Gasteiger partial charge < -0.3 is 15.2 Å². The van der Waals surface area contributed by atoms with E-state index >= 15 is 0 Å². The van der Waals surface area contributed by atoms with Crippen molar-refractivity contribution in [2.24, 2.45) is 0 Å². The maximum absolute atomic E-state index is 11.5. The highest BCUT2D eigenvalue weighted by atomic mass is 16.5. The smallest absolute Gasteiger partial charge is 0.234 e. The van der Waals surface area contributed by atoms with Gasteiger partial charge in [-0.25, -0.2) is 0 Å². The van der Waals surface area contributed by atoms with E-state index in [-0.39, 0.29) is 18.6 Å². The number of carbonyl (C=O) groups excluding carboxylic acids is 1. The van der Waals surface area contributed by atoms with E-state index in [0.717, 1.165) is 25.8 Å². The van der Waals surface area contributed by atoms with E-state index in [1.54, 1.807) is 7.11 Å².